The number of nitrogens with zero attached hydrogens (tertiary/aromatic N) is 3. The van der Waals surface area contributed by atoms with Crippen LogP contribution in [0.2, 0.25) is 0 Å². The molecular weight excluding hydrogens is 224 g/mol. The van der Waals surface area contributed by atoms with Crippen molar-refractivity contribution in [2.45, 2.75) is 0 Å². The number of aromatic nitrogens is 4. The SMILES string of the molecule is COc1cnc(C(=O)c2ncc[nH]2)c(OC)n1. The van der Waals surface area contributed by atoms with Gasteiger partial charge in [-0.25, -0.2) is 9.97 Å². The molecule has 7 nitrogen and oxygen atoms in total. The second-order valence-corrected chi connectivity index (χ2v) is 3.04. The average molecular weight is 234 g/mol. The molecule has 7 heteroatoms. The van der Waals surface area contributed by atoms with Gasteiger partial charge in [0.1, 0.15) is 0 Å². The monoisotopic (exact) mass is 234 g/mol. The summed E-state index contributed by atoms with van der Waals surface area (Å²) in [6.07, 6.45) is 4.38. The molecule has 2 aromatic rings. The van der Waals surface area contributed by atoms with E-state index in [4.69, 9.17) is 9.47 Å². The normalized spacial score (nSPS) is 10.0. The summed E-state index contributed by atoms with van der Waals surface area (Å²) < 4.78 is 9.88. The Balaban J connectivity index is 2.41. The maximum atomic E-state index is 12.0. The van der Waals surface area contributed by atoms with Crippen molar-refractivity contribution < 1.29 is 14.3 Å². The fourth-order valence-corrected chi connectivity index (χ4v) is 1.25. The van der Waals surface area contributed by atoms with Gasteiger partial charge in [0.25, 0.3) is 5.78 Å². The van der Waals surface area contributed by atoms with Crippen molar-refractivity contribution in [2.75, 3.05) is 14.2 Å². The summed E-state index contributed by atoms with van der Waals surface area (Å²) in [4.78, 5) is 26.4. The smallest absolute Gasteiger partial charge is 0.252 e. The fourth-order valence-electron chi connectivity index (χ4n) is 1.25. The van der Waals surface area contributed by atoms with Crippen LogP contribution in [-0.2, 0) is 0 Å². The molecule has 2 heterocycles. The summed E-state index contributed by atoms with van der Waals surface area (Å²) in [5, 5.41) is 0. The third kappa shape index (κ3) is 2.07. The Morgan fingerprint density at radius 2 is 2.12 bits per heavy atom. The molecule has 0 bridgehead atoms. The van der Waals surface area contributed by atoms with Crippen LogP contribution in [0.3, 0.4) is 0 Å². The van der Waals surface area contributed by atoms with Crippen LogP contribution in [0, 0.1) is 0 Å². The highest BCUT2D eigenvalue weighted by Gasteiger charge is 2.20. The molecule has 0 atom stereocenters. The van der Waals surface area contributed by atoms with Crippen LogP contribution in [0.15, 0.2) is 18.6 Å². The number of carbonyl (C=O) groups excluding carboxylic acids is 1. The van der Waals surface area contributed by atoms with E-state index < -0.39 is 0 Å². The van der Waals surface area contributed by atoms with Crippen molar-refractivity contribution in [3.8, 4) is 11.8 Å². The molecule has 0 unspecified atom stereocenters. The van der Waals surface area contributed by atoms with E-state index in [1.165, 1.54) is 26.6 Å². The van der Waals surface area contributed by atoms with Crippen LogP contribution in [0.1, 0.15) is 16.3 Å². The molecule has 2 rings (SSSR count). The van der Waals surface area contributed by atoms with Crippen molar-refractivity contribution in [3.05, 3.63) is 30.1 Å². The van der Waals surface area contributed by atoms with Crippen molar-refractivity contribution in [1.82, 2.24) is 19.9 Å². The van der Waals surface area contributed by atoms with Gasteiger partial charge in [0.15, 0.2) is 11.5 Å². The number of ether oxygens (including phenoxy) is 2. The van der Waals surface area contributed by atoms with Gasteiger partial charge in [0.05, 0.1) is 20.4 Å². The molecule has 0 saturated heterocycles. The summed E-state index contributed by atoms with van der Waals surface area (Å²) in [5.74, 6) is 0.174. The quantitative estimate of drug-likeness (QED) is 0.772. The third-order valence-electron chi connectivity index (χ3n) is 2.05. The number of hydrogen-bond donors (Lipinski definition) is 1. The minimum absolute atomic E-state index is 0.0863. The molecule has 0 radical (unpaired) electrons. The van der Waals surface area contributed by atoms with Gasteiger partial charge in [-0.1, -0.05) is 0 Å². The molecular formula is C10H10N4O3. The first-order valence-electron chi connectivity index (χ1n) is 4.75. The molecule has 0 spiro atoms. The predicted octanol–water partition coefficient (Wildman–Crippen LogP) is 0.448. The highest BCUT2D eigenvalue weighted by atomic mass is 16.5. The van der Waals surface area contributed by atoms with E-state index in [2.05, 4.69) is 19.9 Å². The van der Waals surface area contributed by atoms with Gasteiger partial charge in [0.2, 0.25) is 11.8 Å². The number of aromatic amines is 1. The lowest BCUT2D eigenvalue weighted by atomic mass is 10.2. The first kappa shape index (κ1) is 11.1. The van der Waals surface area contributed by atoms with Gasteiger partial charge in [0, 0.05) is 12.4 Å². The van der Waals surface area contributed by atoms with Gasteiger partial charge in [-0.05, 0) is 0 Å². The Hall–Kier alpha value is -2.44. The second-order valence-electron chi connectivity index (χ2n) is 3.04. The Morgan fingerprint density at radius 1 is 1.29 bits per heavy atom. The van der Waals surface area contributed by atoms with Crippen molar-refractivity contribution in [1.29, 1.82) is 0 Å². The number of imidazole rings is 1. The molecule has 1 N–H and O–H groups in total. The molecule has 0 saturated carbocycles. The van der Waals surface area contributed by atoms with Gasteiger partial charge in [-0.15, -0.1) is 0 Å². The Bertz CT molecular complexity index is 524. The van der Waals surface area contributed by atoms with E-state index >= 15 is 0 Å². The maximum Gasteiger partial charge on any atom is 0.252 e. The zero-order valence-electron chi connectivity index (χ0n) is 9.30. The topological polar surface area (TPSA) is 90.0 Å². The molecule has 0 aromatic carbocycles. The van der Waals surface area contributed by atoms with Gasteiger partial charge in [-0.3, -0.25) is 4.79 Å². The third-order valence-corrected chi connectivity index (χ3v) is 2.05. The molecule has 0 aliphatic heterocycles. The van der Waals surface area contributed by atoms with Crippen molar-refractivity contribution >= 4 is 5.78 Å². The highest BCUT2D eigenvalue weighted by molar-refractivity contribution is 6.06. The fraction of sp³-hybridized carbons (Fsp3) is 0.200. The van der Waals surface area contributed by atoms with E-state index in [0.717, 1.165) is 0 Å². The minimum Gasteiger partial charge on any atom is -0.480 e. The van der Waals surface area contributed by atoms with Crippen molar-refractivity contribution in [2.24, 2.45) is 0 Å². The molecule has 0 aliphatic carbocycles. The van der Waals surface area contributed by atoms with Crippen LogP contribution in [0.25, 0.3) is 0 Å². The van der Waals surface area contributed by atoms with Crippen LogP contribution >= 0.6 is 0 Å². The average Bonchev–Trinajstić information content (AvgIpc) is 2.91. The lowest BCUT2D eigenvalue weighted by Crippen LogP contribution is -2.10. The number of H-pyrrole nitrogens is 1. The van der Waals surface area contributed by atoms with Crippen LogP contribution < -0.4 is 9.47 Å². The number of rotatable bonds is 4. The number of carbonyl (C=O) groups is 1. The number of nitrogens with one attached hydrogen (secondary N) is 1. The van der Waals surface area contributed by atoms with E-state index in [0.29, 0.717) is 0 Å². The van der Waals surface area contributed by atoms with Crippen molar-refractivity contribution in [3.63, 3.8) is 0 Å². The summed E-state index contributed by atoms with van der Waals surface area (Å²) in [7, 11) is 2.86. The number of ketones is 1. The lowest BCUT2D eigenvalue weighted by Gasteiger charge is -2.05. The van der Waals surface area contributed by atoms with E-state index in [1.807, 2.05) is 0 Å². The van der Waals surface area contributed by atoms with E-state index in [1.54, 1.807) is 6.20 Å². The standard InChI is InChI=1S/C10H10N4O3/c1-16-6-5-13-7(10(14-6)17-2)8(15)9-11-3-4-12-9/h3-5H,1-2H3,(H,11,12). The zero-order valence-corrected chi connectivity index (χ0v) is 9.30. The van der Waals surface area contributed by atoms with Crippen LogP contribution in [-0.4, -0.2) is 39.9 Å². The maximum absolute atomic E-state index is 12.0. The molecule has 2 aromatic heterocycles. The van der Waals surface area contributed by atoms with E-state index in [-0.39, 0.29) is 29.1 Å². The second kappa shape index (κ2) is 4.60. The summed E-state index contributed by atoms with van der Waals surface area (Å²) in [5.41, 5.74) is 0.0863. The first-order valence-corrected chi connectivity index (χ1v) is 4.75. The minimum atomic E-state index is -0.387. The molecule has 17 heavy (non-hydrogen) atoms. The summed E-state index contributed by atoms with van der Waals surface area (Å²) in [6.45, 7) is 0. The molecule has 0 aliphatic rings. The Kier molecular flexibility index (Phi) is 2.99. The summed E-state index contributed by atoms with van der Waals surface area (Å²) >= 11 is 0. The molecule has 88 valence electrons. The van der Waals surface area contributed by atoms with Gasteiger partial charge < -0.3 is 14.5 Å². The highest BCUT2D eigenvalue weighted by Crippen LogP contribution is 2.18. The van der Waals surface area contributed by atoms with Gasteiger partial charge in [-0.2, -0.15) is 4.98 Å². The lowest BCUT2D eigenvalue weighted by molar-refractivity contribution is 0.102. The molecule has 0 amide bonds. The van der Waals surface area contributed by atoms with Crippen LogP contribution in [0.5, 0.6) is 11.8 Å². The molecule has 0 fully saturated rings. The number of hydrogen-bond acceptors (Lipinski definition) is 6. The summed E-state index contributed by atoms with van der Waals surface area (Å²) in [6, 6.07) is 0. The Labute approximate surface area is 96.8 Å². The number of methoxy groups -OCH3 is 2. The van der Waals surface area contributed by atoms with Crippen LogP contribution in [0.4, 0.5) is 0 Å². The predicted molar refractivity (Wildman–Crippen MR) is 57.2 cm³/mol. The van der Waals surface area contributed by atoms with Gasteiger partial charge >= 0.3 is 0 Å². The largest absolute Gasteiger partial charge is 0.480 e. The van der Waals surface area contributed by atoms with E-state index in [9.17, 15) is 4.79 Å². The zero-order chi connectivity index (χ0) is 12.3. The Morgan fingerprint density at radius 3 is 2.71 bits per heavy atom. The first-order chi connectivity index (χ1) is 8.26.